The highest BCUT2D eigenvalue weighted by Gasteiger charge is 2.25. The fraction of sp³-hybridized carbons (Fsp3) is 0.571. The molecule has 0 aromatic carbocycles. The van der Waals surface area contributed by atoms with E-state index in [0.717, 1.165) is 25.3 Å². The molecule has 1 aromatic rings. The van der Waals surface area contributed by atoms with Crippen LogP contribution in [0.1, 0.15) is 27.2 Å². The summed E-state index contributed by atoms with van der Waals surface area (Å²) < 4.78 is 0. The van der Waals surface area contributed by atoms with Gasteiger partial charge in [0.25, 0.3) is 0 Å². The molecule has 1 atom stereocenters. The third-order valence-corrected chi connectivity index (χ3v) is 2.99. The van der Waals surface area contributed by atoms with Crippen LogP contribution in [0.3, 0.4) is 0 Å². The fourth-order valence-corrected chi connectivity index (χ4v) is 2.19. The summed E-state index contributed by atoms with van der Waals surface area (Å²) in [5, 5.41) is 5.93. The highest BCUT2D eigenvalue weighted by atomic mass is 16.2. The van der Waals surface area contributed by atoms with Gasteiger partial charge in [-0.2, -0.15) is 0 Å². The minimum atomic E-state index is -0.205. The van der Waals surface area contributed by atoms with Crippen LogP contribution in [0.5, 0.6) is 0 Å². The van der Waals surface area contributed by atoms with Gasteiger partial charge in [-0.25, -0.2) is 9.78 Å². The van der Waals surface area contributed by atoms with Gasteiger partial charge >= 0.3 is 6.03 Å². The van der Waals surface area contributed by atoms with Crippen molar-refractivity contribution >= 4 is 11.8 Å². The summed E-state index contributed by atoms with van der Waals surface area (Å²) >= 11 is 0. The molecule has 5 heteroatoms. The lowest BCUT2D eigenvalue weighted by atomic mass is 10.1. The maximum atomic E-state index is 11.8. The first kappa shape index (κ1) is 13.6. The van der Waals surface area contributed by atoms with Crippen molar-refractivity contribution in [2.24, 2.45) is 0 Å². The van der Waals surface area contributed by atoms with Crippen molar-refractivity contribution < 1.29 is 4.79 Å². The summed E-state index contributed by atoms with van der Waals surface area (Å²) in [6, 6.07) is 5.98. The lowest BCUT2D eigenvalue weighted by molar-refractivity contribution is 0.229. The zero-order chi connectivity index (χ0) is 13.9. The van der Waals surface area contributed by atoms with Gasteiger partial charge in [-0.3, -0.25) is 0 Å². The highest BCUT2D eigenvalue weighted by Crippen LogP contribution is 2.17. The topological polar surface area (TPSA) is 57.3 Å². The van der Waals surface area contributed by atoms with Crippen molar-refractivity contribution in [2.45, 2.75) is 38.8 Å². The van der Waals surface area contributed by atoms with Gasteiger partial charge in [0.15, 0.2) is 0 Å². The average molecular weight is 262 g/mol. The average Bonchev–Trinajstić information content (AvgIpc) is 2.76. The van der Waals surface area contributed by atoms with Crippen LogP contribution >= 0.6 is 0 Å². The largest absolute Gasteiger partial charge is 0.354 e. The van der Waals surface area contributed by atoms with Gasteiger partial charge in [0, 0.05) is 30.9 Å². The highest BCUT2D eigenvalue weighted by molar-refractivity contribution is 5.75. The van der Waals surface area contributed by atoms with Crippen molar-refractivity contribution in [3.05, 3.63) is 24.4 Å². The third kappa shape index (κ3) is 4.12. The molecular formula is C14H22N4O. The molecule has 1 aliphatic rings. The van der Waals surface area contributed by atoms with Crippen LogP contribution in [-0.4, -0.2) is 35.7 Å². The number of amides is 2. The summed E-state index contributed by atoms with van der Waals surface area (Å²) in [5.41, 5.74) is -0.205. The van der Waals surface area contributed by atoms with Crippen molar-refractivity contribution in [2.75, 3.05) is 18.0 Å². The Morgan fingerprint density at radius 2 is 2.21 bits per heavy atom. The Labute approximate surface area is 114 Å². The van der Waals surface area contributed by atoms with Crippen molar-refractivity contribution in [3.8, 4) is 0 Å². The van der Waals surface area contributed by atoms with Gasteiger partial charge in [0.05, 0.1) is 0 Å². The molecule has 1 saturated heterocycles. The minimum absolute atomic E-state index is 0.0969. The summed E-state index contributed by atoms with van der Waals surface area (Å²) in [5.74, 6) is 0.975. The van der Waals surface area contributed by atoms with Crippen LogP contribution in [0.2, 0.25) is 0 Å². The van der Waals surface area contributed by atoms with Crippen molar-refractivity contribution in [1.82, 2.24) is 15.6 Å². The maximum Gasteiger partial charge on any atom is 0.315 e. The van der Waals surface area contributed by atoms with Crippen LogP contribution in [0.4, 0.5) is 10.6 Å². The molecule has 0 saturated carbocycles. The number of hydrogen-bond donors (Lipinski definition) is 2. The molecule has 2 N–H and O–H groups in total. The molecule has 0 bridgehead atoms. The summed E-state index contributed by atoms with van der Waals surface area (Å²) in [6.45, 7) is 7.66. The number of carbonyl (C=O) groups is 1. The van der Waals surface area contributed by atoms with E-state index >= 15 is 0 Å². The second-order valence-corrected chi connectivity index (χ2v) is 5.97. The van der Waals surface area contributed by atoms with E-state index < -0.39 is 0 Å². The Morgan fingerprint density at radius 3 is 2.84 bits per heavy atom. The number of rotatable bonds is 2. The summed E-state index contributed by atoms with van der Waals surface area (Å²) in [4.78, 5) is 18.3. The number of pyridine rings is 1. The number of nitrogens with zero attached hydrogens (tertiary/aromatic N) is 2. The second kappa shape index (κ2) is 5.47. The first-order valence-corrected chi connectivity index (χ1v) is 6.69. The van der Waals surface area contributed by atoms with Crippen molar-refractivity contribution in [3.63, 3.8) is 0 Å². The summed E-state index contributed by atoms with van der Waals surface area (Å²) in [6.07, 6.45) is 2.75. The van der Waals surface area contributed by atoms with E-state index in [0.29, 0.717) is 0 Å². The van der Waals surface area contributed by atoms with Gasteiger partial charge < -0.3 is 15.5 Å². The van der Waals surface area contributed by atoms with Crippen LogP contribution < -0.4 is 15.5 Å². The van der Waals surface area contributed by atoms with Gasteiger partial charge in [-0.15, -0.1) is 0 Å². The first-order chi connectivity index (χ1) is 8.94. The second-order valence-electron chi connectivity index (χ2n) is 5.97. The maximum absolute atomic E-state index is 11.8. The van der Waals surface area contributed by atoms with E-state index in [9.17, 15) is 4.79 Å². The molecule has 2 amide bonds. The summed E-state index contributed by atoms with van der Waals surface area (Å²) in [7, 11) is 0. The normalized spacial score (nSPS) is 19.3. The van der Waals surface area contributed by atoms with Gasteiger partial charge in [0.1, 0.15) is 5.82 Å². The van der Waals surface area contributed by atoms with Gasteiger partial charge in [-0.1, -0.05) is 6.07 Å². The molecule has 5 nitrogen and oxygen atoms in total. The Balaban J connectivity index is 1.84. The van der Waals surface area contributed by atoms with E-state index in [2.05, 4.69) is 20.5 Å². The molecule has 19 heavy (non-hydrogen) atoms. The molecule has 1 aromatic heterocycles. The monoisotopic (exact) mass is 262 g/mol. The van der Waals surface area contributed by atoms with Gasteiger partial charge in [-0.05, 0) is 39.3 Å². The van der Waals surface area contributed by atoms with E-state index in [1.807, 2.05) is 39.0 Å². The lowest BCUT2D eigenvalue weighted by Gasteiger charge is -2.23. The predicted octanol–water partition coefficient (Wildman–Crippen LogP) is 1.76. The standard InChI is InChI=1S/C14H22N4O/c1-14(2,3)17-13(19)16-11-7-9-18(10-11)12-6-4-5-8-15-12/h4-6,8,11H,7,9-10H2,1-3H3,(H2,16,17,19)/t11-/m0/s1. The molecule has 2 rings (SSSR count). The smallest absolute Gasteiger partial charge is 0.315 e. The molecule has 104 valence electrons. The number of aromatic nitrogens is 1. The number of anilines is 1. The van der Waals surface area contributed by atoms with Crippen LogP contribution in [0.25, 0.3) is 0 Å². The Bertz CT molecular complexity index is 427. The molecule has 1 fully saturated rings. The minimum Gasteiger partial charge on any atom is -0.354 e. The zero-order valence-electron chi connectivity index (χ0n) is 11.8. The Hall–Kier alpha value is -1.78. The lowest BCUT2D eigenvalue weighted by Crippen LogP contribution is -2.50. The molecule has 1 aliphatic heterocycles. The zero-order valence-corrected chi connectivity index (χ0v) is 11.8. The number of urea groups is 1. The molecule has 0 unspecified atom stereocenters. The molecule has 0 radical (unpaired) electrons. The number of hydrogen-bond acceptors (Lipinski definition) is 3. The number of carbonyl (C=O) groups excluding carboxylic acids is 1. The third-order valence-electron chi connectivity index (χ3n) is 2.99. The SMILES string of the molecule is CC(C)(C)NC(=O)N[C@H]1CCN(c2ccccn2)C1. The van der Waals surface area contributed by atoms with E-state index in [4.69, 9.17) is 0 Å². The molecular weight excluding hydrogens is 240 g/mol. The van der Waals surface area contributed by atoms with E-state index in [1.165, 1.54) is 0 Å². The molecule has 2 heterocycles. The van der Waals surface area contributed by atoms with E-state index in [1.54, 1.807) is 6.20 Å². The van der Waals surface area contributed by atoms with Crippen LogP contribution in [0, 0.1) is 0 Å². The van der Waals surface area contributed by atoms with E-state index in [-0.39, 0.29) is 17.6 Å². The number of nitrogens with one attached hydrogen (secondary N) is 2. The van der Waals surface area contributed by atoms with Gasteiger partial charge in [0.2, 0.25) is 0 Å². The quantitative estimate of drug-likeness (QED) is 0.854. The predicted molar refractivity (Wildman–Crippen MR) is 76.3 cm³/mol. The fourth-order valence-electron chi connectivity index (χ4n) is 2.19. The van der Waals surface area contributed by atoms with Crippen LogP contribution in [-0.2, 0) is 0 Å². The Morgan fingerprint density at radius 1 is 1.42 bits per heavy atom. The first-order valence-electron chi connectivity index (χ1n) is 6.69. The Kier molecular flexibility index (Phi) is 3.93. The van der Waals surface area contributed by atoms with Crippen LogP contribution in [0.15, 0.2) is 24.4 Å². The van der Waals surface area contributed by atoms with Crippen molar-refractivity contribution in [1.29, 1.82) is 0 Å². The molecule has 0 spiro atoms. The molecule has 0 aliphatic carbocycles.